The molecule has 0 saturated carbocycles. The fraction of sp³-hybridized carbons (Fsp3) is 0.250. The number of hydrogen-bond donors (Lipinski definition) is 1. The Morgan fingerprint density at radius 1 is 1.44 bits per heavy atom. The molecule has 0 aliphatic carbocycles. The zero-order valence-electron chi connectivity index (χ0n) is 9.98. The average Bonchev–Trinajstić information content (AvgIpc) is 2.72. The summed E-state index contributed by atoms with van der Waals surface area (Å²) >= 11 is 0. The largest absolute Gasteiger partial charge is 0.378 e. The molecule has 1 aromatic heterocycles. The summed E-state index contributed by atoms with van der Waals surface area (Å²) in [6.45, 7) is 2.55. The minimum atomic E-state index is -0.522. The van der Waals surface area contributed by atoms with Crippen molar-refractivity contribution in [3.8, 4) is 0 Å². The van der Waals surface area contributed by atoms with Crippen LogP contribution in [-0.2, 0) is 6.54 Å². The summed E-state index contributed by atoms with van der Waals surface area (Å²) in [6.07, 6.45) is 1.19. The van der Waals surface area contributed by atoms with Crippen LogP contribution >= 0.6 is 0 Å². The van der Waals surface area contributed by atoms with Gasteiger partial charge in [0.15, 0.2) is 0 Å². The summed E-state index contributed by atoms with van der Waals surface area (Å²) in [5, 5.41) is 14.6. The quantitative estimate of drug-likeness (QED) is 0.661. The molecule has 0 radical (unpaired) electrons. The second-order valence-electron chi connectivity index (χ2n) is 4.17. The maximum Gasteiger partial charge on any atom is 0.330 e. The van der Waals surface area contributed by atoms with Crippen LogP contribution < -0.4 is 5.73 Å². The lowest BCUT2D eigenvalue weighted by Gasteiger charge is -2.12. The summed E-state index contributed by atoms with van der Waals surface area (Å²) in [6, 6.07) is 9.89. The molecule has 6 heteroatoms. The number of nitrogens with two attached hydrogens (primary N) is 1. The number of nitro groups is 1. The number of nitrogen functional groups attached to an aromatic ring is 1. The fourth-order valence-corrected chi connectivity index (χ4v) is 1.82. The zero-order valence-corrected chi connectivity index (χ0v) is 9.98. The van der Waals surface area contributed by atoms with Crippen molar-refractivity contribution >= 4 is 11.5 Å². The van der Waals surface area contributed by atoms with E-state index in [9.17, 15) is 10.1 Å². The van der Waals surface area contributed by atoms with Gasteiger partial charge >= 0.3 is 5.69 Å². The maximum atomic E-state index is 10.7. The van der Waals surface area contributed by atoms with Gasteiger partial charge in [-0.2, -0.15) is 5.10 Å². The van der Waals surface area contributed by atoms with E-state index in [1.54, 1.807) is 0 Å². The van der Waals surface area contributed by atoms with Gasteiger partial charge in [0.2, 0.25) is 5.82 Å². The molecule has 0 aliphatic heterocycles. The molecule has 6 nitrogen and oxygen atoms in total. The summed E-state index contributed by atoms with van der Waals surface area (Å²) in [5.74, 6) is 0.288. The van der Waals surface area contributed by atoms with E-state index in [-0.39, 0.29) is 17.4 Å². The Balaban J connectivity index is 2.17. The van der Waals surface area contributed by atoms with Gasteiger partial charge in [0.05, 0.1) is 11.5 Å². The average molecular weight is 246 g/mol. The predicted octanol–water partition coefficient (Wildman–Crippen LogP) is 2.18. The highest BCUT2D eigenvalue weighted by Gasteiger charge is 2.18. The first-order valence-electron chi connectivity index (χ1n) is 5.60. The number of anilines is 1. The second kappa shape index (κ2) is 4.87. The van der Waals surface area contributed by atoms with Crippen LogP contribution in [0.2, 0.25) is 0 Å². The third-order valence-electron chi connectivity index (χ3n) is 2.87. The third kappa shape index (κ3) is 2.32. The molecule has 18 heavy (non-hydrogen) atoms. The van der Waals surface area contributed by atoms with Crippen LogP contribution in [0.15, 0.2) is 36.5 Å². The first kappa shape index (κ1) is 12.1. The highest BCUT2D eigenvalue weighted by atomic mass is 16.6. The second-order valence-corrected chi connectivity index (χ2v) is 4.17. The van der Waals surface area contributed by atoms with E-state index in [0.717, 1.165) is 5.56 Å². The van der Waals surface area contributed by atoms with Crippen molar-refractivity contribution in [2.45, 2.75) is 19.4 Å². The molecule has 1 atom stereocenters. The van der Waals surface area contributed by atoms with Crippen LogP contribution in [0.5, 0.6) is 0 Å². The number of benzene rings is 1. The van der Waals surface area contributed by atoms with E-state index >= 15 is 0 Å². The van der Waals surface area contributed by atoms with Crippen molar-refractivity contribution in [2.24, 2.45) is 0 Å². The molecule has 94 valence electrons. The van der Waals surface area contributed by atoms with E-state index in [0.29, 0.717) is 6.54 Å². The minimum Gasteiger partial charge on any atom is -0.378 e. The van der Waals surface area contributed by atoms with Gasteiger partial charge in [-0.1, -0.05) is 37.3 Å². The molecular formula is C12H14N4O2. The van der Waals surface area contributed by atoms with Crippen molar-refractivity contribution in [3.63, 3.8) is 0 Å². The van der Waals surface area contributed by atoms with Crippen molar-refractivity contribution in [3.05, 3.63) is 52.2 Å². The Kier molecular flexibility index (Phi) is 3.27. The predicted molar refractivity (Wildman–Crippen MR) is 68.2 cm³/mol. The lowest BCUT2D eigenvalue weighted by Crippen LogP contribution is -2.10. The standard InChI is InChI=1S/C12H14N4O2/c1-9(10-5-3-2-4-6-10)8-15-12(13)11(7-14-15)16(17)18/h2-7,9H,8,13H2,1H3. The first-order chi connectivity index (χ1) is 8.59. The Bertz CT molecular complexity index is 550. The van der Waals surface area contributed by atoms with Gasteiger partial charge in [-0.05, 0) is 5.56 Å². The van der Waals surface area contributed by atoms with Gasteiger partial charge in [-0.15, -0.1) is 0 Å². The SMILES string of the molecule is CC(Cn1ncc([N+](=O)[O-])c1N)c1ccccc1. The normalized spacial score (nSPS) is 12.3. The van der Waals surface area contributed by atoms with E-state index in [1.165, 1.54) is 10.9 Å². The Morgan fingerprint density at radius 2 is 2.11 bits per heavy atom. The number of nitrogens with zero attached hydrogens (tertiary/aromatic N) is 3. The summed E-state index contributed by atoms with van der Waals surface area (Å²) in [7, 11) is 0. The molecule has 0 aliphatic rings. The van der Waals surface area contributed by atoms with E-state index in [2.05, 4.69) is 5.10 Å². The van der Waals surface area contributed by atoms with Gasteiger partial charge < -0.3 is 5.73 Å². The maximum absolute atomic E-state index is 10.7. The molecule has 0 bridgehead atoms. The monoisotopic (exact) mass is 246 g/mol. The van der Waals surface area contributed by atoms with Crippen molar-refractivity contribution in [1.29, 1.82) is 0 Å². The molecule has 1 unspecified atom stereocenters. The van der Waals surface area contributed by atoms with Crippen LogP contribution in [-0.4, -0.2) is 14.7 Å². The lowest BCUT2D eigenvalue weighted by molar-refractivity contribution is -0.384. The number of rotatable bonds is 4. The van der Waals surface area contributed by atoms with Crippen LogP contribution in [0.1, 0.15) is 18.4 Å². The Morgan fingerprint density at radius 3 is 2.67 bits per heavy atom. The van der Waals surface area contributed by atoms with Gasteiger partial charge in [0, 0.05) is 5.92 Å². The molecule has 1 heterocycles. The van der Waals surface area contributed by atoms with E-state index < -0.39 is 4.92 Å². The molecule has 2 aromatic rings. The van der Waals surface area contributed by atoms with Crippen molar-refractivity contribution < 1.29 is 4.92 Å². The lowest BCUT2D eigenvalue weighted by atomic mass is 10.0. The van der Waals surface area contributed by atoms with Gasteiger partial charge in [0.1, 0.15) is 6.20 Å². The summed E-state index contributed by atoms with van der Waals surface area (Å²) in [4.78, 5) is 10.1. The molecule has 1 aromatic carbocycles. The number of hydrogen-bond acceptors (Lipinski definition) is 4. The van der Waals surface area contributed by atoms with Gasteiger partial charge in [-0.25, -0.2) is 4.68 Å². The molecule has 0 spiro atoms. The van der Waals surface area contributed by atoms with Crippen molar-refractivity contribution in [2.75, 3.05) is 5.73 Å². The fourth-order valence-electron chi connectivity index (χ4n) is 1.82. The van der Waals surface area contributed by atoms with Crippen molar-refractivity contribution in [1.82, 2.24) is 9.78 Å². The molecular weight excluding hydrogens is 232 g/mol. The topological polar surface area (TPSA) is 87.0 Å². The van der Waals surface area contributed by atoms with Crippen LogP contribution in [0.4, 0.5) is 11.5 Å². The molecule has 2 N–H and O–H groups in total. The zero-order chi connectivity index (χ0) is 13.1. The molecule has 0 fully saturated rings. The van der Waals surface area contributed by atoms with E-state index in [1.807, 2.05) is 37.3 Å². The molecule has 2 rings (SSSR count). The molecule has 0 saturated heterocycles. The molecule has 0 amide bonds. The highest BCUT2D eigenvalue weighted by molar-refractivity contribution is 5.51. The third-order valence-corrected chi connectivity index (χ3v) is 2.87. The highest BCUT2D eigenvalue weighted by Crippen LogP contribution is 2.23. The van der Waals surface area contributed by atoms with Crippen LogP contribution in [0.25, 0.3) is 0 Å². The van der Waals surface area contributed by atoms with Crippen LogP contribution in [0.3, 0.4) is 0 Å². The Labute approximate surface area is 104 Å². The van der Waals surface area contributed by atoms with Gasteiger partial charge in [-0.3, -0.25) is 10.1 Å². The Hall–Kier alpha value is -2.37. The van der Waals surface area contributed by atoms with Gasteiger partial charge in [0.25, 0.3) is 0 Å². The first-order valence-corrected chi connectivity index (χ1v) is 5.60. The van der Waals surface area contributed by atoms with E-state index in [4.69, 9.17) is 5.73 Å². The van der Waals surface area contributed by atoms with Crippen LogP contribution in [0, 0.1) is 10.1 Å². The minimum absolute atomic E-state index is 0.0998. The smallest absolute Gasteiger partial charge is 0.330 e. The number of aromatic nitrogens is 2. The summed E-state index contributed by atoms with van der Waals surface area (Å²) in [5.41, 5.74) is 6.69. The summed E-state index contributed by atoms with van der Waals surface area (Å²) < 4.78 is 1.47.